The van der Waals surface area contributed by atoms with Crippen molar-refractivity contribution in [2.75, 3.05) is 0 Å². The topological polar surface area (TPSA) is 35.5 Å². The van der Waals surface area contributed by atoms with E-state index in [1.807, 2.05) is 0 Å². The van der Waals surface area contributed by atoms with Gasteiger partial charge in [-0.15, -0.1) is 0 Å². The van der Waals surface area contributed by atoms with E-state index in [1.165, 1.54) is 38.5 Å². The third-order valence-electron chi connectivity index (χ3n) is 3.57. The van der Waals surface area contributed by atoms with Crippen molar-refractivity contribution in [2.24, 2.45) is 0 Å². The van der Waals surface area contributed by atoms with Gasteiger partial charge in [0.1, 0.15) is 0 Å². The molecule has 0 atom stereocenters. The molecule has 0 aromatic heterocycles. The van der Waals surface area contributed by atoms with Gasteiger partial charge in [-0.3, -0.25) is 9.05 Å². The van der Waals surface area contributed by atoms with E-state index in [0.717, 1.165) is 25.7 Å². The first-order chi connectivity index (χ1) is 7.84. The molecule has 1 radical (unpaired) electrons. The third kappa shape index (κ3) is 4.12. The van der Waals surface area contributed by atoms with Gasteiger partial charge in [-0.2, -0.15) is 0 Å². The molecule has 0 aromatic carbocycles. The SMILES string of the molecule is O=[P](OC1CCCCC1)OC1CCCCC1. The van der Waals surface area contributed by atoms with Crippen LogP contribution in [0.1, 0.15) is 64.2 Å². The minimum Gasteiger partial charge on any atom is -0.279 e. The van der Waals surface area contributed by atoms with Crippen LogP contribution in [-0.4, -0.2) is 12.2 Å². The molecule has 2 rings (SSSR count). The molecule has 0 heterocycles. The van der Waals surface area contributed by atoms with Crippen molar-refractivity contribution in [1.29, 1.82) is 0 Å². The van der Waals surface area contributed by atoms with Crippen molar-refractivity contribution in [1.82, 2.24) is 0 Å². The second-order valence-corrected chi connectivity index (χ2v) is 5.82. The van der Waals surface area contributed by atoms with Crippen LogP contribution in [0.4, 0.5) is 0 Å². The summed E-state index contributed by atoms with van der Waals surface area (Å²) in [4.78, 5) is 0. The lowest BCUT2D eigenvalue weighted by atomic mass is 9.98. The molecule has 2 saturated carbocycles. The van der Waals surface area contributed by atoms with E-state index < -0.39 is 8.25 Å². The van der Waals surface area contributed by atoms with Crippen LogP contribution in [0.5, 0.6) is 0 Å². The van der Waals surface area contributed by atoms with E-state index in [4.69, 9.17) is 9.05 Å². The summed E-state index contributed by atoms with van der Waals surface area (Å²) in [7, 11) is -1.88. The van der Waals surface area contributed by atoms with Crippen LogP contribution in [0.3, 0.4) is 0 Å². The molecule has 93 valence electrons. The van der Waals surface area contributed by atoms with Gasteiger partial charge in [-0.1, -0.05) is 38.5 Å². The van der Waals surface area contributed by atoms with Crippen LogP contribution in [0, 0.1) is 0 Å². The Labute approximate surface area is 98.8 Å². The molecule has 0 spiro atoms. The summed E-state index contributed by atoms with van der Waals surface area (Å²) >= 11 is 0. The number of hydrogen-bond acceptors (Lipinski definition) is 3. The summed E-state index contributed by atoms with van der Waals surface area (Å²) in [5, 5.41) is 0. The molecule has 16 heavy (non-hydrogen) atoms. The molecule has 0 unspecified atom stereocenters. The summed E-state index contributed by atoms with van der Waals surface area (Å²) in [5.41, 5.74) is 0. The predicted molar refractivity (Wildman–Crippen MR) is 63.5 cm³/mol. The van der Waals surface area contributed by atoms with E-state index in [-0.39, 0.29) is 12.2 Å². The quantitative estimate of drug-likeness (QED) is 0.691. The second kappa shape index (κ2) is 6.68. The Morgan fingerprint density at radius 1 is 0.688 bits per heavy atom. The molecular weight excluding hydrogens is 223 g/mol. The van der Waals surface area contributed by atoms with E-state index >= 15 is 0 Å². The van der Waals surface area contributed by atoms with Crippen LogP contribution in [0.2, 0.25) is 0 Å². The normalized spacial score (nSPS) is 24.5. The lowest BCUT2D eigenvalue weighted by molar-refractivity contribution is 0.0929. The molecule has 0 bridgehead atoms. The van der Waals surface area contributed by atoms with E-state index in [9.17, 15) is 4.57 Å². The Bertz CT molecular complexity index is 198. The van der Waals surface area contributed by atoms with Crippen LogP contribution >= 0.6 is 8.25 Å². The average molecular weight is 245 g/mol. The summed E-state index contributed by atoms with van der Waals surface area (Å²) in [6.07, 6.45) is 12.0. The zero-order valence-electron chi connectivity index (χ0n) is 9.90. The Hall–Kier alpha value is 0.0200. The minimum atomic E-state index is -1.88. The van der Waals surface area contributed by atoms with E-state index in [0.29, 0.717) is 0 Å². The molecule has 2 aliphatic carbocycles. The van der Waals surface area contributed by atoms with Gasteiger partial charge >= 0.3 is 8.25 Å². The van der Waals surface area contributed by atoms with Gasteiger partial charge in [0.2, 0.25) is 0 Å². The average Bonchev–Trinajstić information content (AvgIpc) is 2.31. The van der Waals surface area contributed by atoms with Gasteiger partial charge < -0.3 is 0 Å². The van der Waals surface area contributed by atoms with Crippen molar-refractivity contribution in [3.8, 4) is 0 Å². The smallest absolute Gasteiger partial charge is 0.279 e. The van der Waals surface area contributed by atoms with Crippen molar-refractivity contribution in [3.63, 3.8) is 0 Å². The third-order valence-corrected chi connectivity index (χ3v) is 4.52. The van der Waals surface area contributed by atoms with Crippen LogP contribution in [0.25, 0.3) is 0 Å². The summed E-state index contributed by atoms with van der Waals surface area (Å²) in [6, 6.07) is 0. The molecule has 4 heteroatoms. The molecule has 0 aliphatic heterocycles. The lowest BCUT2D eigenvalue weighted by Crippen LogP contribution is -2.16. The highest BCUT2D eigenvalue weighted by molar-refractivity contribution is 7.33. The van der Waals surface area contributed by atoms with Gasteiger partial charge in [0, 0.05) is 0 Å². The highest BCUT2D eigenvalue weighted by atomic mass is 31.1. The molecule has 2 fully saturated rings. The fourth-order valence-electron chi connectivity index (χ4n) is 2.61. The van der Waals surface area contributed by atoms with Gasteiger partial charge in [0.05, 0.1) is 12.2 Å². The van der Waals surface area contributed by atoms with Crippen LogP contribution in [-0.2, 0) is 13.6 Å². The van der Waals surface area contributed by atoms with Crippen LogP contribution in [0.15, 0.2) is 0 Å². The highest BCUT2D eigenvalue weighted by Crippen LogP contribution is 2.36. The molecule has 0 aromatic rings. The van der Waals surface area contributed by atoms with Crippen molar-refractivity contribution < 1.29 is 13.6 Å². The zero-order valence-corrected chi connectivity index (χ0v) is 10.8. The fourth-order valence-corrected chi connectivity index (χ4v) is 3.57. The Morgan fingerprint density at radius 2 is 1.06 bits per heavy atom. The Balaban J connectivity index is 1.66. The molecule has 0 saturated heterocycles. The maximum Gasteiger partial charge on any atom is 0.369 e. The minimum absolute atomic E-state index is 0.181. The molecule has 0 amide bonds. The zero-order chi connectivity index (χ0) is 11.2. The van der Waals surface area contributed by atoms with Crippen molar-refractivity contribution in [3.05, 3.63) is 0 Å². The van der Waals surface area contributed by atoms with Gasteiger partial charge in [0.25, 0.3) is 0 Å². The first-order valence-electron chi connectivity index (χ1n) is 6.65. The van der Waals surface area contributed by atoms with Crippen molar-refractivity contribution >= 4 is 8.25 Å². The first kappa shape index (κ1) is 12.5. The van der Waals surface area contributed by atoms with Crippen molar-refractivity contribution in [2.45, 2.75) is 76.4 Å². The van der Waals surface area contributed by atoms with Crippen LogP contribution < -0.4 is 0 Å². The number of rotatable bonds is 4. The summed E-state index contributed by atoms with van der Waals surface area (Å²) in [6.45, 7) is 0. The van der Waals surface area contributed by atoms with E-state index in [2.05, 4.69) is 0 Å². The molecule has 2 aliphatic rings. The molecular formula is C12H22O3P. The Kier molecular flexibility index (Phi) is 5.21. The monoisotopic (exact) mass is 245 g/mol. The first-order valence-corrected chi connectivity index (χ1v) is 7.75. The maximum absolute atomic E-state index is 11.7. The van der Waals surface area contributed by atoms with E-state index in [1.54, 1.807) is 0 Å². The molecule has 0 N–H and O–H groups in total. The maximum atomic E-state index is 11.7. The highest BCUT2D eigenvalue weighted by Gasteiger charge is 2.22. The van der Waals surface area contributed by atoms with Gasteiger partial charge in [-0.05, 0) is 25.7 Å². The summed E-state index contributed by atoms with van der Waals surface area (Å²) < 4.78 is 22.6. The number of hydrogen-bond donors (Lipinski definition) is 0. The van der Waals surface area contributed by atoms with Gasteiger partial charge in [-0.25, -0.2) is 4.57 Å². The standard InChI is InChI=1S/C12H22O3P/c13-16(14-11-7-3-1-4-8-11)15-12-9-5-2-6-10-12/h11-12H,1-10H2. The second-order valence-electron chi connectivity index (χ2n) is 4.95. The fraction of sp³-hybridized carbons (Fsp3) is 1.00. The lowest BCUT2D eigenvalue weighted by Gasteiger charge is -2.23. The predicted octanol–water partition coefficient (Wildman–Crippen LogP) is 4.34. The molecule has 3 nitrogen and oxygen atoms in total. The van der Waals surface area contributed by atoms with Gasteiger partial charge in [0.15, 0.2) is 0 Å². The summed E-state index contributed by atoms with van der Waals surface area (Å²) in [5.74, 6) is 0. The Morgan fingerprint density at radius 3 is 1.44 bits per heavy atom. The largest absolute Gasteiger partial charge is 0.369 e.